The van der Waals surface area contributed by atoms with Crippen molar-refractivity contribution >= 4 is 28.3 Å². The number of hydrogen-bond acceptors (Lipinski definition) is 3. The maximum atomic E-state index is 13.6. The summed E-state index contributed by atoms with van der Waals surface area (Å²) in [7, 11) is 1.42. The van der Waals surface area contributed by atoms with E-state index in [0.29, 0.717) is 11.8 Å². The van der Waals surface area contributed by atoms with Gasteiger partial charge in [0, 0.05) is 0 Å². The number of nitrogens with one attached hydrogen (secondary N) is 2. The van der Waals surface area contributed by atoms with E-state index in [-0.39, 0.29) is 5.56 Å². The van der Waals surface area contributed by atoms with Crippen LogP contribution in [0.1, 0.15) is 10.4 Å². The fraction of sp³-hybridized carbons (Fsp3) is 0.100. The van der Waals surface area contributed by atoms with Gasteiger partial charge in [0.25, 0.3) is 5.91 Å². The van der Waals surface area contributed by atoms with Crippen molar-refractivity contribution < 1.29 is 27.5 Å². The maximum Gasteiger partial charge on any atom is 0.255 e. The van der Waals surface area contributed by atoms with Crippen LogP contribution < -0.4 is 15.4 Å². The molecule has 0 aliphatic rings. The molecule has 0 spiro atoms. The van der Waals surface area contributed by atoms with Crippen molar-refractivity contribution in [3.8, 4) is 5.75 Å². The van der Waals surface area contributed by atoms with Gasteiger partial charge in [-0.25, -0.2) is 13.2 Å². The van der Waals surface area contributed by atoms with Crippen molar-refractivity contribution in [2.24, 2.45) is 0 Å². The summed E-state index contributed by atoms with van der Waals surface area (Å²) in [6, 6.07) is 12.3. The van der Waals surface area contributed by atoms with Gasteiger partial charge in [0.1, 0.15) is 5.75 Å². The number of amides is 2. The molecule has 0 fully saturated rings. The molecule has 28 heavy (non-hydrogen) atoms. The number of benzene rings is 3. The average Bonchev–Trinajstić information content (AvgIpc) is 2.71. The number of halogens is 3. The molecule has 0 aromatic heterocycles. The van der Waals surface area contributed by atoms with Crippen molar-refractivity contribution in [2.45, 2.75) is 0 Å². The highest BCUT2D eigenvalue weighted by Crippen LogP contribution is 2.26. The predicted octanol–water partition coefficient (Wildman–Crippen LogP) is 3.63. The first-order valence-corrected chi connectivity index (χ1v) is 8.19. The lowest BCUT2D eigenvalue weighted by Gasteiger charge is -2.11. The van der Waals surface area contributed by atoms with Crippen LogP contribution in [0.2, 0.25) is 0 Å². The van der Waals surface area contributed by atoms with E-state index in [0.717, 1.165) is 16.8 Å². The summed E-state index contributed by atoms with van der Waals surface area (Å²) in [6.07, 6.45) is 0. The molecule has 2 N–H and O–H groups in total. The lowest BCUT2D eigenvalue weighted by atomic mass is 10.1. The summed E-state index contributed by atoms with van der Waals surface area (Å²) in [5, 5.41) is 6.14. The minimum absolute atomic E-state index is 0.216. The van der Waals surface area contributed by atoms with Crippen molar-refractivity contribution in [1.29, 1.82) is 0 Å². The molecule has 3 rings (SSSR count). The van der Waals surface area contributed by atoms with Crippen LogP contribution in [0.5, 0.6) is 5.75 Å². The fourth-order valence-corrected chi connectivity index (χ4v) is 2.64. The van der Waals surface area contributed by atoms with Crippen LogP contribution in [-0.4, -0.2) is 25.5 Å². The van der Waals surface area contributed by atoms with Gasteiger partial charge >= 0.3 is 0 Å². The standard InChI is InChI=1S/C20H15F3N2O3/c1-28-16-9-12-5-3-2-4-11(12)8-13(16)20(27)24-10-17(26)25-15-7-6-14(21)18(22)19(15)23/h2-9H,10H2,1H3,(H,24,27)(H,25,26). The number of methoxy groups -OCH3 is 1. The predicted molar refractivity (Wildman–Crippen MR) is 97.8 cm³/mol. The molecule has 0 unspecified atom stereocenters. The quantitative estimate of drug-likeness (QED) is 0.656. The van der Waals surface area contributed by atoms with Crippen LogP contribution in [0.25, 0.3) is 10.8 Å². The second-order valence-electron chi connectivity index (χ2n) is 5.85. The Labute approximate surface area is 158 Å². The molecule has 0 aliphatic carbocycles. The van der Waals surface area contributed by atoms with Crippen LogP contribution in [0, 0.1) is 17.5 Å². The smallest absolute Gasteiger partial charge is 0.255 e. The van der Waals surface area contributed by atoms with E-state index in [1.54, 1.807) is 12.1 Å². The van der Waals surface area contributed by atoms with Crippen LogP contribution in [0.3, 0.4) is 0 Å². The highest BCUT2D eigenvalue weighted by molar-refractivity contribution is 6.03. The monoisotopic (exact) mass is 388 g/mol. The summed E-state index contributed by atoms with van der Waals surface area (Å²) < 4.78 is 45.0. The first-order chi connectivity index (χ1) is 13.4. The van der Waals surface area contributed by atoms with E-state index in [1.807, 2.05) is 24.3 Å². The zero-order valence-corrected chi connectivity index (χ0v) is 14.7. The molecule has 144 valence electrons. The molecule has 0 saturated carbocycles. The maximum absolute atomic E-state index is 13.6. The first kappa shape index (κ1) is 19.2. The average molecular weight is 388 g/mol. The van der Waals surface area contributed by atoms with Crippen molar-refractivity contribution in [2.75, 3.05) is 19.0 Å². The molecule has 2 amide bonds. The molecule has 0 bridgehead atoms. The Morgan fingerprint density at radius 1 is 0.964 bits per heavy atom. The summed E-state index contributed by atoms with van der Waals surface area (Å²) >= 11 is 0. The van der Waals surface area contributed by atoms with Gasteiger partial charge in [-0.3, -0.25) is 9.59 Å². The van der Waals surface area contributed by atoms with Gasteiger partial charge in [0.15, 0.2) is 17.5 Å². The third kappa shape index (κ3) is 3.90. The number of carbonyl (C=O) groups excluding carboxylic acids is 2. The Kier molecular flexibility index (Phi) is 5.49. The van der Waals surface area contributed by atoms with Crippen LogP contribution in [0.4, 0.5) is 18.9 Å². The third-order valence-electron chi connectivity index (χ3n) is 4.03. The van der Waals surface area contributed by atoms with E-state index in [4.69, 9.17) is 4.74 Å². The SMILES string of the molecule is COc1cc2ccccc2cc1C(=O)NCC(=O)Nc1ccc(F)c(F)c1F. The molecule has 0 atom stereocenters. The zero-order valence-electron chi connectivity index (χ0n) is 14.7. The minimum Gasteiger partial charge on any atom is -0.496 e. The summed E-state index contributed by atoms with van der Waals surface area (Å²) in [6.45, 7) is -0.507. The van der Waals surface area contributed by atoms with Crippen molar-refractivity contribution in [1.82, 2.24) is 5.32 Å². The highest BCUT2D eigenvalue weighted by atomic mass is 19.2. The Bertz CT molecular complexity index is 1070. The Hall–Kier alpha value is -3.55. The van der Waals surface area contributed by atoms with E-state index in [9.17, 15) is 22.8 Å². The largest absolute Gasteiger partial charge is 0.496 e. The molecule has 0 aliphatic heterocycles. The molecule has 0 saturated heterocycles. The molecule has 0 heterocycles. The number of carbonyl (C=O) groups is 2. The lowest BCUT2D eigenvalue weighted by Crippen LogP contribution is -2.33. The van der Waals surface area contributed by atoms with Gasteiger partial charge in [-0.15, -0.1) is 0 Å². The molecule has 5 nitrogen and oxygen atoms in total. The van der Waals surface area contributed by atoms with Gasteiger partial charge < -0.3 is 15.4 Å². The van der Waals surface area contributed by atoms with Crippen LogP contribution in [0.15, 0.2) is 48.5 Å². The Balaban J connectivity index is 1.71. The Morgan fingerprint density at radius 3 is 2.32 bits per heavy atom. The molecular formula is C20H15F3N2O3. The van der Waals surface area contributed by atoms with Gasteiger partial charge in [-0.2, -0.15) is 0 Å². The number of anilines is 1. The van der Waals surface area contributed by atoms with Gasteiger partial charge in [0.05, 0.1) is 24.9 Å². The second-order valence-corrected chi connectivity index (χ2v) is 5.85. The van der Waals surface area contributed by atoms with E-state index < -0.39 is 41.5 Å². The normalized spacial score (nSPS) is 10.6. The second kappa shape index (κ2) is 7.99. The van der Waals surface area contributed by atoms with E-state index >= 15 is 0 Å². The number of ether oxygens (including phenoxy) is 1. The summed E-state index contributed by atoms with van der Waals surface area (Å²) in [4.78, 5) is 24.4. The van der Waals surface area contributed by atoms with Crippen LogP contribution in [-0.2, 0) is 4.79 Å². The molecular weight excluding hydrogens is 373 g/mol. The van der Waals surface area contributed by atoms with Crippen molar-refractivity contribution in [3.05, 3.63) is 71.5 Å². The number of rotatable bonds is 5. The molecule has 0 radical (unpaired) electrons. The molecule has 3 aromatic rings. The van der Waals surface area contributed by atoms with Crippen LogP contribution >= 0.6 is 0 Å². The molecule has 8 heteroatoms. The van der Waals surface area contributed by atoms with E-state index in [1.165, 1.54) is 7.11 Å². The number of hydrogen-bond donors (Lipinski definition) is 2. The summed E-state index contributed by atoms with van der Waals surface area (Å²) in [5.74, 6) is -5.64. The first-order valence-electron chi connectivity index (χ1n) is 8.19. The topological polar surface area (TPSA) is 67.4 Å². The third-order valence-corrected chi connectivity index (χ3v) is 4.03. The number of fused-ring (bicyclic) bond motifs is 1. The van der Waals surface area contributed by atoms with Crippen molar-refractivity contribution in [3.63, 3.8) is 0 Å². The van der Waals surface area contributed by atoms with E-state index in [2.05, 4.69) is 10.6 Å². The lowest BCUT2D eigenvalue weighted by molar-refractivity contribution is -0.115. The van der Waals surface area contributed by atoms with Gasteiger partial charge in [0.2, 0.25) is 5.91 Å². The highest BCUT2D eigenvalue weighted by Gasteiger charge is 2.17. The van der Waals surface area contributed by atoms with Gasteiger partial charge in [-0.1, -0.05) is 24.3 Å². The van der Waals surface area contributed by atoms with Gasteiger partial charge in [-0.05, 0) is 35.0 Å². The minimum atomic E-state index is -1.69. The molecule has 3 aromatic carbocycles. The Morgan fingerprint density at radius 2 is 1.64 bits per heavy atom. The zero-order chi connectivity index (χ0) is 20.3. The summed E-state index contributed by atoms with van der Waals surface area (Å²) in [5.41, 5.74) is -0.311. The fourth-order valence-electron chi connectivity index (χ4n) is 2.64.